The van der Waals surface area contributed by atoms with Crippen LogP contribution in [0.25, 0.3) is 32.7 Å². The van der Waals surface area contributed by atoms with Crippen LogP contribution in [0.1, 0.15) is 19.3 Å². The molecule has 5 rings (SSSR count). The predicted octanol–water partition coefficient (Wildman–Crippen LogP) is 6.58. The number of hydrogen-bond donors (Lipinski definition) is 0. The molecule has 0 unspecified atom stereocenters. The Kier molecular flexibility index (Phi) is 6.33. The first kappa shape index (κ1) is 21.7. The molecule has 4 nitrogen and oxygen atoms in total. The second kappa shape index (κ2) is 9.36. The summed E-state index contributed by atoms with van der Waals surface area (Å²) in [6.45, 7) is 3.73. The molecule has 0 bridgehead atoms. The van der Waals surface area contributed by atoms with Crippen LogP contribution >= 0.6 is 34.5 Å². The molecule has 3 heterocycles. The Morgan fingerprint density at radius 1 is 0.844 bits per heavy atom. The van der Waals surface area contributed by atoms with Gasteiger partial charge in [0.1, 0.15) is 10.5 Å². The number of benzene rings is 2. The largest absolute Gasteiger partial charge is 0.302 e. The quantitative estimate of drug-likeness (QED) is 0.321. The minimum atomic E-state index is 0.0468. The normalized spacial score (nSPS) is 14.8. The molecular weight excluding hydrogens is 461 g/mol. The lowest BCUT2D eigenvalue weighted by Crippen LogP contribution is -2.35. The van der Waals surface area contributed by atoms with Gasteiger partial charge in [0.15, 0.2) is 0 Å². The van der Waals surface area contributed by atoms with E-state index in [9.17, 15) is 4.79 Å². The molecule has 0 N–H and O–H groups in total. The van der Waals surface area contributed by atoms with Crippen LogP contribution in [0.15, 0.2) is 58.7 Å². The SMILES string of the molecule is O=c1c2sccc2nc(-c2ccc(-c3ccc(Cl)c(Cl)c3)cc2)n1CCN1CCCCC1. The lowest BCUT2D eigenvalue weighted by Gasteiger charge is -2.27. The topological polar surface area (TPSA) is 38.1 Å². The van der Waals surface area contributed by atoms with Crippen LogP contribution in [0.2, 0.25) is 10.0 Å². The molecule has 4 aromatic rings. The Balaban J connectivity index is 1.50. The van der Waals surface area contributed by atoms with Crippen molar-refractivity contribution in [3.8, 4) is 22.5 Å². The van der Waals surface area contributed by atoms with E-state index in [1.165, 1.54) is 30.6 Å². The van der Waals surface area contributed by atoms with Crippen molar-refractivity contribution in [3.05, 3.63) is 74.3 Å². The van der Waals surface area contributed by atoms with Gasteiger partial charge in [-0.15, -0.1) is 11.3 Å². The van der Waals surface area contributed by atoms with Crippen molar-refractivity contribution in [2.75, 3.05) is 19.6 Å². The maximum atomic E-state index is 13.3. The third-order valence-corrected chi connectivity index (χ3v) is 7.68. The summed E-state index contributed by atoms with van der Waals surface area (Å²) in [5, 5.41) is 3.01. The van der Waals surface area contributed by atoms with Crippen molar-refractivity contribution in [1.82, 2.24) is 14.5 Å². The van der Waals surface area contributed by atoms with Crippen LogP contribution < -0.4 is 5.56 Å². The Morgan fingerprint density at radius 3 is 2.31 bits per heavy atom. The lowest BCUT2D eigenvalue weighted by atomic mass is 10.0. The number of hydrogen-bond acceptors (Lipinski definition) is 4. The average Bonchev–Trinajstić information content (AvgIpc) is 3.30. The van der Waals surface area contributed by atoms with E-state index in [2.05, 4.69) is 4.90 Å². The number of halogens is 2. The molecule has 0 radical (unpaired) electrons. The van der Waals surface area contributed by atoms with Crippen LogP contribution in [-0.2, 0) is 6.54 Å². The van der Waals surface area contributed by atoms with Gasteiger partial charge in [-0.05, 0) is 60.6 Å². The maximum absolute atomic E-state index is 13.3. The standard InChI is InChI=1S/C25H23Cl2N3OS/c26-20-9-8-19(16-21(20)27)17-4-6-18(7-5-17)24-28-22-10-15-32-23(22)25(31)30(24)14-13-29-11-2-1-3-12-29/h4-10,15-16H,1-3,11-14H2. The second-order valence-corrected chi connectivity index (χ2v) is 9.87. The molecule has 164 valence electrons. The van der Waals surface area contributed by atoms with E-state index in [0.29, 0.717) is 16.6 Å². The number of aromatic nitrogens is 2. The third kappa shape index (κ3) is 4.35. The Morgan fingerprint density at radius 2 is 1.56 bits per heavy atom. The number of likely N-dealkylation sites (tertiary alicyclic amines) is 1. The summed E-state index contributed by atoms with van der Waals surface area (Å²) in [5.74, 6) is 0.721. The molecule has 0 atom stereocenters. The summed E-state index contributed by atoms with van der Waals surface area (Å²) in [5.41, 5.74) is 3.77. The molecular formula is C25H23Cl2N3OS. The molecule has 1 fully saturated rings. The summed E-state index contributed by atoms with van der Waals surface area (Å²) in [4.78, 5) is 20.6. The van der Waals surface area contributed by atoms with E-state index >= 15 is 0 Å². The molecule has 1 aliphatic heterocycles. The number of nitrogens with zero attached hydrogens (tertiary/aromatic N) is 3. The van der Waals surface area contributed by atoms with Crippen molar-refractivity contribution in [2.45, 2.75) is 25.8 Å². The highest BCUT2D eigenvalue weighted by molar-refractivity contribution is 7.17. The van der Waals surface area contributed by atoms with E-state index in [1.54, 1.807) is 6.07 Å². The first-order valence-corrected chi connectivity index (χ1v) is 12.5. The van der Waals surface area contributed by atoms with E-state index < -0.39 is 0 Å². The molecule has 32 heavy (non-hydrogen) atoms. The Bertz CT molecular complexity index is 1310. The highest BCUT2D eigenvalue weighted by atomic mass is 35.5. The molecule has 0 spiro atoms. The molecule has 0 amide bonds. The zero-order valence-electron chi connectivity index (χ0n) is 17.6. The molecule has 1 aliphatic rings. The summed E-state index contributed by atoms with van der Waals surface area (Å²) in [6.07, 6.45) is 3.77. The third-order valence-electron chi connectivity index (χ3n) is 6.05. The number of thiophene rings is 1. The van der Waals surface area contributed by atoms with Gasteiger partial charge < -0.3 is 4.90 Å². The number of piperidine rings is 1. The van der Waals surface area contributed by atoms with Gasteiger partial charge >= 0.3 is 0 Å². The number of rotatable bonds is 5. The van der Waals surface area contributed by atoms with Gasteiger partial charge in [0, 0.05) is 18.7 Å². The van der Waals surface area contributed by atoms with E-state index in [0.717, 1.165) is 52.4 Å². The van der Waals surface area contributed by atoms with Crippen LogP contribution in [0.3, 0.4) is 0 Å². The first-order valence-electron chi connectivity index (χ1n) is 10.9. The van der Waals surface area contributed by atoms with Gasteiger partial charge in [-0.2, -0.15) is 0 Å². The van der Waals surface area contributed by atoms with Crippen molar-refractivity contribution >= 4 is 44.8 Å². The van der Waals surface area contributed by atoms with E-state index in [4.69, 9.17) is 28.2 Å². The molecule has 7 heteroatoms. The molecule has 1 saturated heterocycles. The fourth-order valence-corrected chi connectivity index (χ4v) is 5.36. The highest BCUT2D eigenvalue weighted by Crippen LogP contribution is 2.30. The van der Waals surface area contributed by atoms with Crippen molar-refractivity contribution in [2.24, 2.45) is 0 Å². The lowest BCUT2D eigenvalue weighted by molar-refractivity contribution is 0.220. The summed E-state index contributed by atoms with van der Waals surface area (Å²) >= 11 is 13.7. The van der Waals surface area contributed by atoms with Gasteiger partial charge in [-0.25, -0.2) is 4.98 Å². The minimum Gasteiger partial charge on any atom is -0.302 e. The molecule has 2 aromatic heterocycles. The Labute approximate surface area is 201 Å². The fourth-order valence-electron chi connectivity index (χ4n) is 4.28. The molecule has 2 aromatic carbocycles. The van der Waals surface area contributed by atoms with Crippen LogP contribution in [0.5, 0.6) is 0 Å². The van der Waals surface area contributed by atoms with Gasteiger partial charge in [0.05, 0.1) is 15.6 Å². The van der Waals surface area contributed by atoms with Gasteiger partial charge in [-0.3, -0.25) is 9.36 Å². The maximum Gasteiger partial charge on any atom is 0.271 e. The smallest absolute Gasteiger partial charge is 0.271 e. The zero-order chi connectivity index (χ0) is 22.1. The van der Waals surface area contributed by atoms with Crippen LogP contribution in [-0.4, -0.2) is 34.1 Å². The van der Waals surface area contributed by atoms with E-state index in [1.807, 2.05) is 52.4 Å². The molecule has 0 saturated carbocycles. The predicted molar refractivity (Wildman–Crippen MR) is 135 cm³/mol. The summed E-state index contributed by atoms with van der Waals surface area (Å²) in [7, 11) is 0. The van der Waals surface area contributed by atoms with Gasteiger partial charge in [-0.1, -0.05) is 60.0 Å². The summed E-state index contributed by atoms with van der Waals surface area (Å²) < 4.78 is 2.57. The zero-order valence-corrected chi connectivity index (χ0v) is 19.9. The first-order chi connectivity index (χ1) is 15.6. The van der Waals surface area contributed by atoms with Gasteiger partial charge in [0.2, 0.25) is 0 Å². The minimum absolute atomic E-state index is 0.0468. The second-order valence-electron chi connectivity index (χ2n) is 8.14. The van der Waals surface area contributed by atoms with Crippen molar-refractivity contribution in [1.29, 1.82) is 0 Å². The average molecular weight is 484 g/mol. The fraction of sp³-hybridized carbons (Fsp3) is 0.280. The highest BCUT2D eigenvalue weighted by Gasteiger charge is 2.16. The van der Waals surface area contributed by atoms with Crippen molar-refractivity contribution < 1.29 is 0 Å². The van der Waals surface area contributed by atoms with Crippen LogP contribution in [0, 0.1) is 0 Å². The van der Waals surface area contributed by atoms with Gasteiger partial charge in [0.25, 0.3) is 5.56 Å². The summed E-state index contributed by atoms with van der Waals surface area (Å²) in [6, 6.07) is 15.7. The number of fused-ring (bicyclic) bond motifs is 1. The Hall–Kier alpha value is -2.18. The monoisotopic (exact) mass is 483 g/mol. The van der Waals surface area contributed by atoms with Crippen molar-refractivity contribution in [3.63, 3.8) is 0 Å². The molecule has 0 aliphatic carbocycles. The van der Waals surface area contributed by atoms with E-state index in [-0.39, 0.29) is 5.56 Å². The van der Waals surface area contributed by atoms with Crippen LogP contribution in [0.4, 0.5) is 0 Å².